The first-order chi connectivity index (χ1) is 12.2. The van der Waals surface area contributed by atoms with Gasteiger partial charge in [-0.15, -0.1) is 10.2 Å². The van der Waals surface area contributed by atoms with Crippen LogP contribution in [0.15, 0.2) is 11.3 Å². The summed E-state index contributed by atoms with van der Waals surface area (Å²) in [7, 11) is 0. The van der Waals surface area contributed by atoms with E-state index in [0.717, 1.165) is 50.8 Å². The van der Waals surface area contributed by atoms with Crippen LogP contribution in [0, 0.1) is 5.41 Å². The average molecular weight is 351 g/mol. The van der Waals surface area contributed by atoms with Gasteiger partial charge in [-0.2, -0.15) is 0 Å². The zero-order chi connectivity index (χ0) is 18.0. The fourth-order valence-electron chi connectivity index (χ4n) is 3.65. The molecule has 7 heteroatoms. The first-order valence-corrected chi connectivity index (χ1v) is 9.72. The van der Waals surface area contributed by atoms with Crippen LogP contribution < -0.4 is 10.6 Å². The monoisotopic (exact) mass is 350 g/mol. The van der Waals surface area contributed by atoms with E-state index in [1.807, 2.05) is 0 Å². The zero-order valence-corrected chi connectivity index (χ0v) is 15.8. The lowest BCUT2D eigenvalue weighted by atomic mass is 9.72. The molecule has 25 heavy (non-hydrogen) atoms. The van der Waals surface area contributed by atoms with Crippen LogP contribution >= 0.6 is 0 Å². The smallest absolute Gasteiger partial charge is 0.191 e. The molecular formula is C18H34N6O. The van der Waals surface area contributed by atoms with E-state index < -0.39 is 0 Å². The summed E-state index contributed by atoms with van der Waals surface area (Å²) in [6.07, 6.45) is 9.71. The predicted octanol–water partition coefficient (Wildman–Crippen LogP) is 1.73. The molecule has 0 bridgehead atoms. The highest BCUT2D eigenvalue weighted by Crippen LogP contribution is 2.39. The molecule has 1 aliphatic rings. The van der Waals surface area contributed by atoms with E-state index in [-0.39, 0.29) is 12.0 Å². The number of aliphatic hydroxyl groups is 1. The Bertz CT molecular complexity index is 516. The van der Waals surface area contributed by atoms with Gasteiger partial charge in [-0.25, -0.2) is 0 Å². The van der Waals surface area contributed by atoms with Gasteiger partial charge in [-0.1, -0.05) is 26.2 Å². The van der Waals surface area contributed by atoms with E-state index in [2.05, 4.69) is 39.2 Å². The summed E-state index contributed by atoms with van der Waals surface area (Å²) >= 11 is 0. The second kappa shape index (κ2) is 10.4. The second-order valence-corrected chi connectivity index (χ2v) is 6.95. The van der Waals surface area contributed by atoms with Crippen LogP contribution in [0.3, 0.4) is 0 Å². The van der Waals surface area contributed by atoms with Crippen LogP contribution in [0.25, 0.3) is 0 Å². The summed E-state index contributed by atoms with van der Waals surface area (Å²) in [5.41, 5.74) is 0.180. The molecule has 0 saturated heterocycles. The van der Waals surface area contributed by atoms with Crippen molar-refractivity contribution in [1.82, 2.24) is 25.4 Å². The van der Waals surface area contributed by atoms with Crippen molar-refractivity contribution < 1.29 is 5.11 Å². The molecule has 1 heterocycles. The van der Waals surface area contributed by atoms with Crippen molar-refractivity contribution in [3.8, 4) is 0 Å². The number of guanidine groups is 1. The maximum Gasteiger partial charge on any atom is 0.191 e. The maximum absolute atomic E-state index is 9.45. The summed E-state index contributed by atoms with van der Waals surface area (Å²) in [6, 6.07) is 0. The minimum atomic E-state index is 0.180. The molecule has 7 nitrogen and oxygen atoms in total. The average Bonchev–Trinajstić information content (AvgIpc) is 3.08. The molecule has 1 saturated carbocycles. The number of hydrogen-bond donors (Lipinski definition) is 3. The van der Waals surface area contributed by atoms with Crippen molar-refractivity contribution in [2.75, 3.05) is 26.2 Å². The highest BCUT2D eigenvalue weighted by atomic mass is 16.3. The van der Waals surface area contributed by atoms with E-state index >= 15 is 0 Å². The third-order valence-corrected chi connectivity index (χ3v) is 5.13. The topological polar surface area (TPSA) is 87.4 Å². The van der Waals surface area contributed by atoms with Gasteiger partial charge in [0.2, 0.25) is 0 Å². The molecule has 0 atom stereocenters. The Morgan fingerprint density at radius 1 is 1.28 bits per heavy atom. The predicted molar refractivity (Wildman–Crippen MR) is 101 cm³/mol. The number of aryl methyl sites for hydroxylation is 1. The molecule has 0 radical (unpaired) electrons. The van der Waals surface area contributed by atoms with Gasteiger partial charge in [0.05, 0.1) is 0 Å². The van der Waals surface area contributed by atoms with Gasteiger partial charge in [0.25, 0.3) is 0 Å². The molecule has 1 aromatic rings. The van der Waals surface area contributed by atoms with Gasteiger partial charge >= 0.3 is 0 Å². The highest BCUT2D eigenvalue weighted by Gasteiger charge is 2.31. The summed E-state index contributed by atoms with van der Waals surface area (Å²) in [4.78, 5) is 4.83. The fraction of sp³-hybridized carbons (Fsp3) is 0.833. The van der Waals surface area contributed by atoms with Crippen LogP contribution in [-0.2, 0) is 13.0 Å². The van der Waals surface area contributed by atoms with Gasteiger partial charge in [0, 0.05) is 39.2 Å². The van der Waals surface area contributed by atoms with Crippen LogP contribution in [0.2, 0.25) is 0 Å². The number of aliphatic imine (C=N–C) groups is 1. The molecule has 1 fully saturated rings. The zero-order valence-electron chi connectivity index (χ0n) is 15.8. The van der Waals surface area contributed by atoms with Crippen LogP contribution in [0.1, 0.15) is 58.2 Å². The molecule has 0 amide bonds. The quantitative estimate of drug-likeness (QED) is 0.466. The van der Waals surface area contributed by atoms with Crippen LogP contribution in [0.5, 0.6) is 0 Å². The molecule has 142 valence electrons. The van der Waals surface area contributed by atoms with E-state index in [0.29, 0.717) is 0 Å². The number of nitrogens with one attached hydrogen (secondary N) is 2. The van der Waals surface area contributed by atoms with E-state index in [1.54, 1.807) is 6.33 Å². The number of aliphatic hydroxyl groups excluding tert-OH is 1. The SMILES string of the molecule is CCNC(=NCC1(CCO)CCCCC1)NCCn1cnnc1CC. The Morgan fingerprint density at radius 2 is 2.08 bits per heavy atom. The van der Waals surface area contributed by atoms with Crippen molar-refractivity contribution in [2.45, 2.75) is 65.3 Å². The third-order valence-electron chi connectivity index (χ3n) is 5.13. The van der Waals surface area contributed by atoms with Crippen LogP contribution in [-0.4, -0.2) is 52.1 Å². The third kappa shape index (κ3) is 5.99. The van der Waals surface area contributed by atoms with Gasteiger partial charge in [-0.3, -0.25) is 4.99 Å². The largest absolute Gasteiger partial charge is 0.396 e. The first-order valence-electron chi connectivity index (χ1n) is 9.72. The van der Waals surface area contributed by atoms with Gasteiger partial charge in [0.1, 0.15) is 12.2 Å². The van der Waals surface area contributed by atoms with Gasteiger partial charge < -0.3 is 20.3 Å². The lowest BCUT2D eigenvalue weighted by molar-refractivity contribution is 0.137. The molecule has 1 aromatic heterocycles. The number of aromatic nitrogens is 3. The fourth-order valence-corrected chi connectivity index (χ4v) is 3.65. The van der Waals surface area contributed by atoms with E-state index in [4.69, 9.17) is 4.99 Å². The normalized spacial score (nSPS) is 17.5. The number of nitrogens with zero attached hydrogens (tertiary/aromatic N) is 4. The van der Waals surface area contributed by atoms with Crippen LogP contribution in [0.4, 0.5) is 0 Å². The minimum absolute atomic E-state index is 0.180. The molecule has 0 spiro atoms. The Labute approximate surface area is 151 Å². The van der Waals surface area contributed by atoms with Gasteiger partial charge in [0.15, 0.2) is 5.96 Å². The van der Waals surface area contributed by atoms with Gasteiger partial charge in [-0.05, 0) is 31.6 Å². The van der Waals surface area contributed by atoms with Crippen molar-refractivity contribution in [3.63, 3.8) is 0 Å². The lowest BCUT2D eigenvalue weighted by Crippen LogP contribution is -2.40. The molecule has 0 unspecified atom stereocenters. The standard InChI is InChI=1S/C18H34N6O/c1-3-16-23-22-15-24(16)12-11-20-17(19-4-2)21-14-18(10-13-25)8-6-5-7-9-18/h15,25H,3-14H2,1-2H3,(H2,19,20,21). The molecule has 0 aromatic carbocycles. The summed E-state index contributed by atoms with van der Waals surface area (Å²) in [6.45, 7) is 7.65. The van der Waals surface area contributed by atoms with Crippen molar-refractivity contribution in [1.29, 1.82) is 0 Å². The maximum atomic E-state index is 9.45. The molecule has 0 aliphatic heterocycles. The molecular weight excluding hydrogens is 316 g/mol. The van der Waals surface area contributed by atoms with E-state index in [1.165, 1.54) is 32.1 Å². The number of hydrogen-bond acceptors (Lipinski definition) is 4. The minimum Gasteiger partial charge on any atom is -0.396 e. The van der Waals surface area contributed by atoms with Crippen molar-refractivity contribution in [3.05, 3.63) is 12.2 Å². The molecule has 3 N–H and O–H groups in total. The first kappa shape index (κ1) is 19.7. The molecule has 2 rings (SSSR count). The Hall–Kier alpha value is -1.63. The van der Waals surface area contributed by atoms with Crippen molar-refractivity contribution >= 4 is 5.96 Å². The Balaban J connectivity index is 1.90. The highest BCUT2D eigenvalue weighted by molar-refractivity contribution is 5.79. The summed E-state index contributed by atoms with van der Waals surface area (Å²) < 4.78 is 2.07. The lowest BCUT2D eigenvalue weighted by Gasteiger charge is -2.35. The Morgan fingerprint density at radius 3 is 2.76 bits per heavy atom. The molecule has 1 aliphatic carbocycles. The number of rotatable bonds is 9. The summed E-state index contributed by atoms with van der Waals surface area (Å²) in [5, 5.41) is 24.3. The summed E-state index contributed by atoms with van der Waals surface area (Å²) in [5.74, 6) is 1.87. The van der Waals surface area contributed by atoms with E-state index in [9.17, 15) is 5.11 Å². The second-order valence-electron chi connectivity index (χ2n) is 6.95. The Kier molecular flexibility index (Phi) is 8.18. The van der Waals surface area contributed by atoms with Crippen molar-refractivity contribution in [2.24, 2.45) is 10.4 Å².